The van der Waals surface area contributed by atoms with E-state index in [1.807, 2.05) is 16.1 Å². The number of nitriles is 1. The lowest BCUT2D eigenvalue weighted by molar-refractivity contribution is -0.211. The second kappa shape index (κ2) is 20.9. The molecule has 312 valence electrons. The highest BCUT2D eigenvalue weighted by Gasteiger charge is 2.62. The van der Waals surface area contributed by atoms with Crippen LogP contribution in [0.2, 0.25) is 0 Å². The van der Waals surface area contributed by atoms with Crippen LogP contribution in [0, 0.1) is 28.6 Å². The average Bonchev–Trinajstić information content (AvgIpc) is 3.81. The van der Waals surface area contributed by atoms with Crippen molar-refractivity contribution in [2.24, 2.45) is 17.3 Å². The van der Waals surface area contributed by atoms with Gasteiger partial charge in [0.05, 0.1) is 69.7 Å². The van der Waals surface area contributed by atoms with Crippen molar-refractivity contribution in [2.45, 2.75) is 139 Å². The highest BCUT2D eigenvalue weighted by Crippen LogP contribution is 2.64. The Bertz CT molecular complexity index is 1350. The van der Waals surface area contributed by atoms with Gasteiger partial charge in [-0.25, -0.2) is 15.1 Å². The first-order valence-electron chi connectivity index (χ1n) is 20.4. The Morgan fingerprint density at radius 3 is 2.44 bits per heavy atom. The summed E-state index contributed by atoms with van der Waals surface area (Å²) in [5.41, 5.74) is 3.25. The van der Waals surface area contributed by atoms with Gasteiger partial charge >= 0.3 is 5.97 Å². The minimum absolute atomic E-state index is 0.0401. The second-order valence-corrected chi connectivity index (χ2v) is 16.5. The monoisotopic (exact) mass is 779 g/mol. The van der Waals surface area contributed by atoms with Gasteiger partial charge in [0, 0.05) is 31.2 Å². The number of nitrogens with zero attached hydrogens (tertiary/aromatic N) is 6. The number of aliphatic hydroxyl groups is 5. The molecule has 1 aromatic rings. The van der Waals surface area contributed by atoms with Gasteiger partial charge in [0.2, 0.25) is 0 Å². The van der Waals surface area contributed by atoms with Gasteiger partial charge in [0.1, 0.15) is 30.4 Å². The van der Waals surface area contributed by atoms with Crippen LogP contribution >= 0.6 is 0 Å². The third-order valence-electron chi connectivity index (χ3n) is 12.2. The van der Waals surface area contributed by atoms with E-state index in [1.165, 1.54) is 0 Å². The van der Waals surface area contributed by atoms with Crippen LogP contribution in [0.5, 0.6) is 0 Å². The van der Waals surface area contributed by atoms with E-state index in [1.54, 1.807) is 4.68 Å². The van der Waals surface area contributed by atoms with Crippen LogP contribution in [0.15, 0.2) is 6.20 Å². The highest BCUT2D eigenvalue weighted by molar-refractivity contribution is 5.75. The lowest BCUT2D eigenvalue weighted by atomic mass is 9.46. The van der Waals surface area contributed by atoms with Crippen molar-refractivity contribution in [3.8, 4) is 6.07 Å². The predicted octanol–water partition coefficient (Wildman–Crippen LogP) is 0.431. The number of rotatable bonds is 27. The van der Waals surface area contributed by atoms with E-state index in [-0.39, 0.29) is 18.2 Å². The quantitative estimate of drug-likeness (QED) is 0.0600. The number of carbonyl (C=O) groups is 1. The number of unbranched alkanes of at least 4 members (excludes halogenated alkanes) is 3. The van der Waals surface area contributed by atoms with Crippen LogP contribution < -0.4 is 5.43 Å². The van der Waals surface area contributed by atoms with Crippen LogP contribution in [0.3, 0.4) is 0 Å². The van der Waals surface area contributed by atoms with Crippen molar-refractivity contribution < 1.29 is 49.6 Å². The molecule has 0 amide bonds. The molecule has 5 fully saturated rings. The Hall–Kier alpha value is -2.34. The van der Waals surface area contributed by atoms with E-state index in [4.69, 9.17) is 19.3 Å². The third kappa shape index (κ3) is 11.9. The van der Waals surface area contributed by atoms with Gasteiger partial charge < -0.3 is 44.8 Å². The maximum Gasteiger partial charge on any atom is 0.322 e. The number of ether oxygens (including phenoxy) is 3. The maximum absolute atomic E-state index is 12.7. The topological polar surface area (TPSA) is 239 Å². The summed E-state index contributed by atoms with van der Waals surface area (Å²) < 4.78 is 19.9. The van der Waals surface area contributed by atoms with E-state index < -0.39 is 48.4 Å². The fourth-order valence-electron chi connectivity index (χ4n) is 9.91. The Labute approximate surface area is 324 Å². The molecule has 0 radical (unpaired) electrons. The van der Waals surface area contributed by atoms with E-state index in [2.05, 4.69) is 28.7 Å². The number of aromatic nitrogens is 3. The molecule has 7 N–H and O–H groups in total. The molecular formula is C38H65N7O10. The first-order valence-corrected chi connectivity index (χ1v) is 20.4. The van der Waals surface area contributed by atoms with Gasteiger partial charge in [-0.3, -0.25) is 9.69 Å². The van der Waals surface area contributed by atoms with Crippen molar-refractivity contribution in [1.29, 1.82) is 5.26 Å². The molecule has 8 atom stereocenters. The lowest BCUT2D eigenvalue weighted by Gasteiger charge is -2.63. The molecule has 5 aliphatic rings. The van der Waals surface area contributed by atoms with Crippen molar-refractivity contribution in [3.05, 3.63) is 11.9 Å². The summed E-state index contributed by atoms with van der Waals surface area (Å²) >= 11 is 0. The van der Waals surface area contributed by atoms with Crippen molar-refractivity contribution in [2.75, 3.05) is 59.3 Å². The molecule has 0 spiro atoms. The zero-order chi connectivity index (χ0) is 39.4. The Morgan fingerprint density at radius 1 is 1.04 bits per heavy atom. The third-order valence-corrected chi connectivity index (χ3v) is 12.2. The molecule has 55 heavy (non-hydrogen) atoms. The van der Waals surface area contributed by atoms with Gasteiger partial charge in [0.15, 0.2) is 0 Å². The summed E-state index contributed by atoms with van der Waals surface area (Å²) in [4.78, 5) is 14.6. The molecule has 6 rings (SSSR count). The molecule has 1 unspecified atom stereocenters. The number of hydrogen-bond acceptors (Lipinski definition) is 15. The van der Waals surface area contributed by atoms with Gasteiger partial charge in [-0.15, -0.1) is 5.10 Å². The number of carboxylic acids is 1. The molecule has 2 heterocycles. The lowest BCUT2D eigenvalue weighted by Crippen LogP contribution is -2.66. The first kappa shape index (κ1) is 43.8. The summed E-state index contributed by atoms with van der Waals surface area (Å²) in [7, 11) is 0. The van der Waals surface area contributed by atoms with Crippen LogP contribution in [0.25, 0.3) is 0 Å². The van der Waals surface area contributed by atoms with Crippen molar-refractivity contribution in [1.82, 2.24) is 30.3 Å². The standard InChI is InChI=1S/C38H65N7O10/c1-2-3-4-5-8-43(24-31(47)33(49)34(50)32(48)25-46)22-29-23-44(42-40-29)10-11-53-12-13-54-14-15-55-38-19-27-16-28(20-38)18-37(17-27,26-38)35(36(51)52)41-45-9-6-7-30(45)21-39/h23,27-28,30-35,41,46-50H,2-20,22,24-26H2,1H3,(H,51,52)/t27-,28-,30?,31-,32+,33+,34+,35+,37?,38?/m0/s1. The maximum atomic E-state index is 12.7. The Kier molecular flexibility index (Phi) is 16.6. The van der Waals surface area contributed by atoms with Crippen LogP contribution in [0.1, 0.15) is 89.7 Å². The molecule has 17 heteroatoms. The van der Waals surface area contributed by atoms with Gasteiger partial charge in [-0.1, -0.05) is 31.4 Å². The molecule has 0 aromatic carbocycles. The molecule has 1 saturated heterocycles. The minimum atomic E-state index is -1.68. The Balaban J connectivity index is 0.999. The summed E-state index contributed by atoms with van der Waals surface area (Å²) in [6, 6.07) is 1.29. The highest BCUT2D eigenvalue weighted by atomic mass is 16.6. The smallest absolute Gasteiger partial charge is 0.322 e. The van der Waals surface area contributed by atoms with Crippen molar-refractivity contribution in [3.63, 3.8) is 0 Å². The van der Waals surface area contributed by atoms with Crippen LogP contribution in [-0.4, -0.2) is 163 Å². The number of aliphatic carboxylic acids is 1. The SMILES string of the molecule is CCCCCCN(Cc1cn(CCOCCOCCOC23C[C@H]4C[C@H](C2)CC([C@H](NN2CCCC2C#N)C(=O)O)(C4)C3)nn1)C[C@H](O)[C@@H](O)[C@H](O)[C@H](O)CO. The van der Waals surface area contributed by atoms with Crippen molar-refractivity contribution >= 4 is 5.97 Å². The van der Waals surface area contributed by atoms with Crippen LogP contribution in [-0.2, 0) is 32.1 Å². The molecule has 1 aromatic heterocycles. The zero-order valence-corrected chi connectivity index (χ0v) is 32.5. The predicted molar refractivity (Wildman–Crippen MR) is 198 cm³/mol. The summed E-state index contributed by atoms with van der Waals surface area (Å²) in [6.07, 6.45) is 6.80. The van der Waals surface area contributed by atoms with Crippen LogP contribution in [0.4, 0.5) is 0 Å². The number of carboxylic acid groups (broad SMARTS) is 1. The van der Waals surface area contributed by atoms with Gasteiger partial charge in [-0.2, -0.15) is 5.26 Å². The summed E-state index contributed by atoms with van der Waals surface area (Å²) in [5.74, 6) is 0.0406. The minimum Gasteiger partial charge on any atom is -0.480 e. The molecule has 1 aliphatic heterocycles. The second-order valence-electron chi connectivity index (χ2n) is 16.5. The normalized spacial score (nSPS) is 29.0. The molecule has 4 aliphatic carbocycles. The van der Waals surface area contributed by atoms with E-state index in [0.29, 0.717) is 83.2 Å². The fraction of sp³-hybridized carbons (Fsp3) is 0.895. The molecule has 4 bridgehead atoms. The van der Waals surface area contributed by atoms with E-state index >= 15 is 0 Å². The molecular weight excluding hydrogens is 714 g/mol. The summed E-state index contributed by atoms with van der Waals surface area (Å²) in [5, 5.41) is 80.0. The van der Waals surface area contributed by atoms with Gasteiger partial charge in [0.25, 0.3) is 0 Å². The number of nitrogens with one attached hydrogen (secondary N) is 1. The number of hydrazine groups is 1. The largest absolute Gasteiger partial charge is 0.480 e. The number of aliphatic hydroxyl groups excluding tert-OH is 5. The van der Waals surface area contributed by atoms with E-state index in [9.17, 15) is 35.6 Å². The summed E-state index contributed by atoms with van der Waals surface area (Å²) in [6.45, 7) is 5.65. The average molecular weight is 780 g/mol. The molecule has 4 saturated carbocycles. The molecule has 17 nitrogen and oxygen atoms in total. The van der Waals surface area contributed by atoms with E-state index in [0.717, 1.165) is 70.6 Å². The Morgan fingerprint density at radius 2 is 1.75 bits per heavy atom. The number of hydrogen-bond donors (Lipinski definition) is 7. The first-order chi connectivity index (χ1) is 26.5. The van der Waals surface area contributed by atoms with Gasteiger partial charge in [-0.05, 0) is 76.2 Å². The fourth-order valence-corrected chi connectivity index (χ4v) is 9.91. The zero-order valence-electron chi connectivity index (χ0n) is 32.5.